The fraction of sp³-hybridized carbons (Fsp3) is 0.320. The van der Waals surface area contributed by atoms with E-state index in [2.05, 4.69) is 34.6 Å². The number of aryl methyl sites for hydroxylation is 1. The van der Waals surface area contributed by atoms with Crippen molar-refractivity contribution in [3.8, 4) is 11.8 Å². The van der Waals surface area contributed by atoms with Gasteiger partial charge in [-0.3, -0.25) is 4.79 Å². The van der Waals surface area contributed by atoms with Gasteiger partial charge in [-0.2, -0.15) is 0 Å². The average Bonchev–Trinajstić information content (AvgIpc) is 3.09. The van der Waals surface area contributed by atoms with Gasteiger partial charge in [0.1, 0.15) is 5.60 Å². The van der Waals surface area contributed by atoms with Crippen LogP contribution in [0.15, 0.2) is 54.6 Å². The molecule has 1 aromatic heterocycles. The summed E-state index contributed by atoms with van der Waals surface area (Å²) in [5, 5.41) is 13.0. The Hall–Kier alpha value is -2.74. The minimum Gasteiger partial charge on any atom is -0.378 e. The number of fused-ring (bicyclic) bond motifs is 1. The number of primary amides is 1. The van der Waals surface area contributed by atoms with Crippen LogP contribution in [0, 0.1) is 11.8 Å². The van der Waals surface area contributed by atoms with Crippen molar-refractivity contribution in [2.75, 3.05) is 0 Å². The number of benzene rings is 2. The van der Waals surface area contributed by atoms with Crippen LogP contribution in [0.3, 0.4) is 0 Å². The number of rotatable bonds is 4. The van der Waals surface area contributed by atoms with E-state index in [0.717, 1.165) is 35.0 Å². The van der Waals surface area contributed by atoms with E-state index in [1.807, 2.05) is 30.3 Å². The van der Waals surface area contributed by atoms with Crippen LogP contribution >= 0.6 is 11.6 Å². The first kappa shape index (κ1) is 20.5. The number of hydrogen-bond donors (Lipinski definition) is 2. The molecule has 0 spiro atoms. The number of nitrogens with two attached hydrogens (primary N) is 1. The van der Waals surface area contributed by atoms with Crippen LogP contribution < -0.4 is 5.73 Å². The summed E-state index contributed by atoms with van der Waals surface area (Å²) in [5.74, 6) is 5.90. The Morgan fingerprint density at radius 2 is 2.07 bits per heavy atom. The minimum atomic E-state index is -1.06. The lowest BCUT2D eigenvalue weighted by atomic mass is 9.81. The van der Waals surface area contributed by atoms with Crippen molar-refractivity contribution >= 4 is 28.4 Å². The van der Waals surface area contributed by atoms with E-state index >= 15 is 0 Å². The highest BCUT2D eigenvalue weighted by Gasteiger charge is 2.34. The number of para-hydroxylation sites is 1. The highest BCUT2D eigenvalue weighted by molar-refractivity contribution is 6.30. The fourth-order valence-corrected chi connectivity index (χ4v) is 4.61. The molecule has 30 heavy (non-hydrogen) atoms. The lowest BCUT2D eigenvalue weighted by Gasteiger charge is -2.35. The molecule has 1 aliphatic carbocycles. The molecule has 3 aromatic rings. The molecule has 4 nitrogen and oxygen atoms in total. The maximum absolute atomic E-state index is 11.4. The fourth-order valence-electron chi connectivity index (χ4n) is 4.42. The highest BCUT2D eigenvalue weighted by Crippen LogP contribution is 2.38. The number of aliphatic hydroxyl groups is 1. The zero-order valence-electron chi connectivity index (χ0n) is 16.8. The number of nitrogens with zero attached hydrogens (tertiary/aromatic N) is 1. The summed E-state index contributed by atoms with van der Waals surface area (Å²) in [6.45, 7) is 0. The van der Waals surface area contributed by atoms with Crippen LogP contribution in [0.25, 0.3) is 10.9 Å². The van der Waals surface area contributed by atoms with Crippen molar-refractivity contribution in [3.63, 3.8) is 0 Å². The zero-order chi connectivity index (χ0) is 21.1. The normalized spacial score (nSPS) is 21.2. The Balaban J connectivity index is 1.65. The van der Waals surface area contributed by atoms with E-state index in [0.29, 0.717) is 30.7 Å². The molecule has 1 aliphatic rings. The van der Waals surface area contributed by atoms with Gasteiger partial charge in [0.15, 0.2) is 0 Å². The van der Waals surface area contributed by atoms with E-state index < -0.39 is 5.60 Å². The molecular weight excluding hydrogens is 396 g/mol. The summed E-state index contributed by atoms with van der Waals surface area (Å²) < 4.78 is 2.28. The van der Waals surface area contributed by atoms with Gasteiger partial charge in [-0.15, -0.1) is 0 Å². The summed E-state index contributed by atoms with van der Waals surface area (Å²) >= 11 is 6.05. The van der Waals surface area contributed by atoms with E-state index in [-0.39, 0.29) is 11.9 Å². The Labute approximate surface area is 181 Å². The second-order valence-corrected chi connectivity index (χ2v) is 8.51. The smallest absolute Gasteiger partial charge is 0.217 e. The lowest BCUT2D eigenvalue weighted by Crippen LogP contribution is -2.35. The molecule has 5 heteroatoms. The molecule has 0 saturated heterocycles. The van der Waals surface area contributed by atoms with Crippen LogP contribution in [0.4, 0.5) is 0 Å². The number of hydrogen-bond acceptors (Lipinski definition) is 2. The molecule has 2 aromatic carbocycles. The van der Waals surface area contributed by atoms with Gasteiger partial charge in [0.2, 0.25) is 5.91 Å². The average molecular weight is 421 g/mol. The predicted molar refractivity (Wildman–Crippen MR) is 120 cm³/mol. The molecule has 1 amide bonds. The standard InChI is InChI=1S/C25H25ClN2O2/c26-20-7-3-5-18(15-20)12-14-25(30)13-4-8-22(17-25)28-21(10-11-24(27)29)16-19-6-1-2-9-23(19)28/h1-3,5-7,9,15-16,22,30H,4,8,10-11,13,17H2,(H2,27,29)/t22-,25+/m0/s1. The van der Waals surface area contributed by atoms with Crippen molar-refractivity contribution in [1.29, 1.82) is 0 Å². The highest BCUT2D eigenvalue weighted by atomic mass is 35.5. The molecule has 2 atom stereocenters. The predicted octanol–water partition coefficient (Wildman–Crippen LogP) is 4.61. The monoisotopic (exact) mass is 420 g/mol. The van der Waals surface area contributed by atoms with E-state index in [4.69, 9.17) is 17.3 Å². The van der Waals surface area contributed by atoms with Gasteiger partial charge in [-0.05, 0) is 61.4 Å². The third-order valence-electron chi connectivity index (χ3n) is 5.79. The minimum absolute atomic E-state index is 0.111. The number of carbonyl (C=O) groups excluding carboxylic acids is 1. The Morgan fingerprint density at radius 1 is 1.23 bits per heavy atom. The SMILES string of the molecule is NC(=O)CCc1cc2ccccc2n1[C@H]1CCC[C@@](O)(C#Cc2cccc(Cl)c2)C1. The lowest BCUT2D eigenvalue weighted by molar-refractivity contribution is -0.118. The molecule has 1 fully saturated rings. The van der Waals surface area contributed by atoms with Crippen molar-refractivity contribution in [2.24, 2.45) is 5.73 Å². The number of amides is 1. The summed E-state index contributed by atoms with van der Waals surface area (Å²) in [7, 11) is 0. The summed E-state index contributed by atoms with van der Waals surface area (Å²) in [6, 6.07) is 17.8. The first-order chi connectivity index (χ1) is 14.4. The third kappa shape index (κ3) is 4.53. The Kier molecular flexibility index (Phi) is 5.85. The van der Waals surface area contributed by atoms with Crippen molar-refractivity contribution in [3.05, 3.63) is 70.9 Å². The van der Waals surface area contributed by atoms with Crippen LogP contribution in [-0.2, 0) is 11.2 Å². The van der Waals surface area contributed by atoms with Gasteiger partial charge in [-0.1, -0.05) is 47.7 Å². The molecular formula is C25H25ClN2O2. The molecule has 0 unspecified atom stereocenters. The molecule has 3 N–H and O–H groups in total. The van der Waals surface area contributed by atoms with Gasteiger partial charge >= 0.3 is 0 Å². The second kappa shape index (κ2) is 8.55. The molecule has 1 heterocycles. The maximum atomic E-state index is 11.4. The second-order valence-electron chi connectivity index (χ2n) is 8.07. The van der Waals surface area contributed by atoms with Crippen LogP contribution in [0.1, 0.15) is 49.4 Å². The van der Waals surface area contributed by atoms with Gasteiger partial charge in [0.05, 0.1) is 0 Å². The first-order valence-corrected chi connectivity index (χ1v) is 10.7. The van der Waals surface area contributed by atoms with Crippen molar-refractivity contribution in [2.45, 2.75) is 50.2 Å². The van der Waals surface area contributed by atoms with Crippen LogP contribution in [0.2, 0.25) is 5.02 Å². The van der Waals surface area contributed by atoms with E-state index in [1.165, 1.54) is 0 Å². The van der Waals surface area contributed by atoms with Gasteiger partial charge in [0.25, 0.3) is 0 Å². The first-order valence-electron chi connectivity index (χ1n) is 10.3. The van der Waals surface area contributed by atoms with Crippen molar-refractivity contribution < 1.29 is 9.90 Å². The third-order valence-corrected chi connectivity index (χ3v) is 6.02. The van der Waals surface area contributed by atoms with E-state index in [1.54, 1.807) is 6.07 Å². The number of aromatic nitrogens is 1. The van der Waals surface area contributed by atoms with Gasteiger partial charge in [-0.25, -0.2) is 0 Å². The molecule has 1 saturated carbocycles. The van der Waals surface area contributed by atoms with Crippen LogP contribution in [0.5, 0.6) is 0 Å². The largest absolute Gasteiger partial charge is 0.378 e. The summed E-state index contributed by atoms with van der Waals surface area (Å²) in [4.78, 5) is 11.4. The zero-order valence-corrected chi connectivity index (χ0v) is 17.5. The molecule has 154 valence electrons. The molecule has 0 bridgehead atoms. The Bertz CT molecular complexity index is 1140. The molecule has 0 aliphatic heterocycles. The van der Waals surface area contributed by atoms with Gasteiger partial charge < -0.3 is 15.4 Å². The molecule has 0 radical (unpaired) electrons. The number of carbonyl (C=O) groups is 1. The summed E-state index contributed by atoms with van der Waals surface area (Å²) in [5.41, 5.74) is 7.33. The van der Waals surface area contributed by atoms with Crippen molar-refractivity contribution in [1.82, 2.24) is 4.57 Å². The van der Waals surface area contributed by atoms with Crippen LogP contribution in [-0.4, -0.2) is 21.2 Å². The van der Waals surface area contributed by atoms with Gasteiger partial charge in [0, 0.05) is 40.7 Å². The molecule has 4 rings (SSSR count). The van der Waals surface area contributed by atoms with E-state index in [9.17, 15) is 9.90 Å². The number of halogens is 1. The topological polar surface area (TPSA) is 68.2 Å². The maximum Gasteiger partial charge on any atom is 0.217 e. The Morgan fingerprint density at radius 3 is 2.87 bits per heavy atom. The quantitative estimate of drug-likeness (QED) is 0.605. The summed E-state index contributed by atoms with van der Waals surface area (Å²) in [6.07, 6.45) is 3.93.